The quantitative estimate of drug-likeness (QED) is 0.505. The van der Waals surface area contributed by atoms with Gasteiger partial charge in [-0.05, 0) is 124 Å². The lowest BCUT2D eigenvalue weighted by Gasteiger charge is -2.54. The van der Waals surface area contributed by atoms with E-state index in [1.807, 2.05) is 12.4 Å². The van der Waals surface area contributed by atoms with E-state index >= 15 is 0 Å². The lowest BCUT2D eigenvalue weighted by molar-refractivity contribution is -0.136. The molecule has 3 aliphatic carbocycles. The van der Waals surface area contributed by atoms with Crippen LogP contribution in [0, 0.1) is 11.3 Å². The maximum atomic E-state index is 7.47. The smallest absolute Gasteiger partial charge is 0.0974 e. The Kier molecular flexibility index (Phi) is 4.64. The summed E-state index contributed by atoms with van der Waals surface area (Å²) in [5.41, 5.74) is 4.88. The van der Waals surface area contributed by atoms with Gasteiger partial charge in [-0.15, -0.1) is 0 Å². The Hall–Kier alpha value is -1.97. The highest BCUT2D eigenvalue weighted by molar-refractivity contribution is 5.82. The van der Waals surface area contributed by atoms with E-state index in [0.717, 1.165) is 6.42 Å². The zero-order valence-electron chi connectivity index (χ0n) is 21.9. The van der Waals surface area contributed by atoms with Gasteiger partial charge in [-0.3, -0.25) is 4.98 Å². The number of hydrogen-bond donors (Lipinski definition) is 1. The van der Waals surface area contributed by atoms with Crippen molar-refractivity contribution in [3.8, 4) is 0 Å². The van der Waals surface area contributed by atoms with Crippen LogP contribution in [0.15, 0.2) is 60.0 Å². The van der Waals surface area contributed by atoms with Crippen LogP contribution in [0.1, 0.15) is 90.5 Å². The second kappa shape index (κ2) is 7.29. The lowest BCUT2D eigenvalue weighted by Crippen LogP contribution is -2.56. The Morgan fingerprint density at radius 1 is 1.06 bits per heavy atom. The first-order valence-corrected chi connectivity index (χ1v) is 13.9. The van der Waals surface area contributed by atoms with Gasteiger partial charge in [-0.25, -0.2) is 0 Å². The third-order valence-electron chi connectivity index (χ3n) is 10.4. The maximum Gasteiger partial charge on any atom is 0.0974 e. The molecule has 3 heteroatoms. The highest BCUT2D eigenvalue weighted by Gasteiger charge is 2.66. The number of ether oxygens (including phenoxy) is 1. The summed E-state index contributed by atoms with van der Waals surface area (Å²) in [7, 11) is 0. The molecule has 2 bridgehead atoms. The maximum absolute atomic E-state index is 7.47. The van der Waals surface area contributed by atoms with Crippen LogP contribution in [0.25, 0.3) is 10.8 Å². The van der Waals surface area contributed by atoms with Crippen molar-refractivity contribution in [1.29, 1.82) is 0 Å². The Labute approximate surface area is 210 Å². The number of pyridine rings is 1. The number of hydrogen-bond acceptors (Lipinski definition) is 3. The number of nitrogens with one attached hydrogen (secondary N) is 1. The fraction of sp³-hybridized carbons (Fsp3) is 0.594. The second-order valence-electron chi connectivity index (χ2n) is 13.5. The second-order valence-corrected chi connectivity index (χ2v) is 13.5. The third kappa shape index (κ3) is 3.20. The molecule has 1 aromatic heterocycles. The van der Waals surface area contributed by atoms with Crippen LogP contribution in [-0.4, -0.2) is 27.8 Å². The predicted molar refractivity (Wildman–Crippen MR) is 142 cm³/mol. The molecule has 2 saturated carbocycles. The molecule has 1 N–H and O–H groups in total. The molecule has 1 aromatic carbocycles. The fourth-order valence-corrected chi connectivity index (χ4v) is 9.01. The third-order valence-corrected chi connectivity index (χ3v) is 10.4. The molecule has 3 fully saturated rings. The molecule has 3 heterocycles. The minimum atomic E-state index is -0.0761. The zero-order chi connectivity index (χ0) is 24.1. The van der Waals surface area contributed by atoms with E-state index in [4.69, 9.17) is 4.74 Å². The molecule has 5 aliphatic rings. The molecule has 0 amide bonds. The summed E-state index contributed by atoms with van der Waals surface area (Å²) in [4.78, 5) is 4.39. The highest BCUT2D eigenvalue weighted by atomic mass is 16.5. The van der Waals surface area contributed by atoms with E-state index in [2.05, 4.69) is 74.4 Å². The van der Waals surface area contributed by atoms with Crippen molar-refractivity contribution in [1.82, 2.24) is 10.3 Å². The van der Waals surface area contributed by atoms with Crippen LogP contribution >= 0.6 is 0 Å². The van der Waals surface area contributed by atoms with Gasteiger partial charge >= 0.3 is 0 Å². The summed E-state index contributed by atoms with van der Waals surface area (Å²) in [5.74, 6) is 1.18. The molecule has 0 radical (unpaired) electrons. The van der Waals surface area contributed by atoms with Crippen LogP contribution in [-0.2, 0) is 4.74 Å². The van der Waals surface area contributed by atoms with E-state index in [1.165, 1.54) is 66.9 Å². The first kappa shape index (κ1) is 22.2. The van der Waals surface area contributed by atoms with E-state index in [0.29, 0.717) is 17.9 Å². The van der Waals surface area contributed by atoms with Gasteiger partial charge in [0.05, 0.1) is 11.2 Å². The largest absolute Gasteiger partial charge is 0.359 e. The van der Waals surface area contributed by atoms with Gasteiger partial charge in [0.1, 0.15) is 0 Å². The van der Waals surface area contributed by atoms with Gasteiger partial charge in [0, 0.05) is 29.4 Å². The topological polar surface area (TPSA) is 34.2 Å². The van der Waals surface area contributed by atoms with E-state index < -0.39 is 0 Å². The lowest BCUT2D eigenvalue weighted by atomic mass is 9.58. The molecule has 184 valence electrons. The number of nitrogens with zero attached hydrogens (tertiary/aromatic N) is 1. The van der Waals surface area contributed by atoms with Crippen molar-refractivity contribution in [3.05, 3.63) is 65.5 Å². The van der Waals surface area contributed by atoms with Crippen LogP contribution in [0.3, 0.4) is 0 Å². The molecule has 6 atom stereocenters. The summed E-state index contributed by atoms with van der Waals surface area (Å²) in [6, 6.07) is 9.77. The average Bonchev–Trinajstić information content (AvgIpc) is 3.33. The summed E-state index contributed by atoms with van der Waals surface area (Å²) in [6.45, 7) is 9.46. The molecule has 1 unspecified atom stereocenters. The molecule has 3 nitrogen and oxygen atoms in total. The van der Waals surface area contributed by atoms with Crippen molar-refractivity contribution in [2.24, 2.45) is 11.3 Å². The summed E-state index contributed by atoms with van der Waals surface area (Å²) in [5, 5.41) is 6.46. The van der Waals surface area contributed by atoms with Crippen LogP contribution in [0.4, 0.5) is 0 Å². The summed E-state index contributed by atoms with van der Waals surface area (Å²) < 4.78 is 7.47. The number of rotatable bonds is 2. The molecule has 7 rings (SSSR count). The number of allylic oxidation sites excluding steroid dienone is 1. The van der Waals surface area contributed by atoms with Gasteiger partial charge < -0.3 is 10.1 Å². The summed E-state index contributed by atoms with van der Waals surface area (Å²) in [6.07, 6.45) is 18.7. The molecular weight excluding hydrogens is 428 g/mol. The van der Waals surface area contributed by atoms with E-state index in [9.17, 15) is 0 Å². The Morgan fingerprint density at radius 3 is 2.80 bits per heavy atom. The predicted octanol–water partition coefficient (Wildman–Crippen LogP) is 7.23. The van der Waals surface area contributed by atoms with Crippen LogP contribution in [0.5, 0.6) is 0 Å². The number of aromatic nitrogens is 1. The van der Waals surface area contributed by atoms with Gasteiger partial charge in [-0.1, -0.05) is 31.2 Å². The first-order valence-electron chi connectivity index (χ1n) is 13.9. The standard InChI is InChI=1S/C32H40N2O/c1-29(2,3)34-26-8-7-24-18-25-11-13-30(4)27(22-6-5-21-12-16-33-20-23(21)17-22)9-10-28(30)32(25)15-14-31(24,19-26)35-32/h5-6,11-12,16-18,20,26-28,34H,7-10,13-15,19H2,1-4H3/t26?,27-,28-,30-,31-,32-/m1/s1. The van der Waals surface area contributed by atoms with Crippen molar-refractivity contribution < 1.29 is 4.74 Å². The average molecular weight is 469 g/mol. The number of benzene rings is 1. The first-order chi connectivity index (χ1) is 16.7. The van der Waals surface area contributed by atoms with Crippen molar-refractivity contribution in [2.75, 3.05) is 0 Å². The van der Waals surface area contributed by atoms with Crippen molar-refractivity contribution >= 4 is 10.8 Å². The molecule has 1 saturated heterocycles. The number of fused-ring (bicyclic) bond motifs is 2. The van der Waals surface area contributed by atoms with E-state index in [-0.39, 0.29) is 22.2 Å². The van der Waals surface area contributed by atoms with Crippen molar-refractivity contribution in [3.63, 3.8) is 0 Å². The molecule has 2 spiro atoms. The minimum absolute atomic E-state index is 0.0382. The SMILES string of the molecule is CC(C)(C)NC1CCC2=CC3=CC[C@]4(C)[C@@H](c5ccc6ccncc6c5)CC[C@H]4[C@@]34CC[C@]2(C1)O4. The minimum Gasteiger partial charge on any atom is -0.359 e. The fourth-order valence-electron chi connectivity index (χ4n) is 9.01. The monoisotopic (exact) mass is 468 g/mol. The molecular formula is C32H40N2O. The van der Waals surface area contributed by atoms with Gasteiger partial charge in [0.2, 0.25) is 0 Å². The molecule has 35 heavy (non-hydrogen) atoms. The Bertz CT molecular complexity index is 1250. The van der Waals surface area contributed by atoms with Crippen LogP contribution in [0.2, 0.25) is 0 Å². The summed E-state index contributed by atoms with van der Waals surface area (Å²) >= 11 is 0. The van der Waals surface area contributed by atoms with Gasteiger partial charge in [0.25, 0.3) is 0 Å². The Morgan fingerprint density at radius 2 is 1.94 bits per heavy atom. The highest BCUT2D eigenvalue weighted by Crippen LogP contribution is 2.69. The zero-order valence-corrected chi connectivity index (χ0v) is 21.9. The molecule has 2 aliphatic heterocycles. The van der Waals surface area contributed by atoms with Gasteiger partial charge in [-0.2, -0.15) is 0 Å². The normalized spacial score (nSPS) is 40.1. The molecule has 2 aromatic rings. The van der Waals surface area contributed by atoms with Crippen molar-refractivity contribution in [2.45, 2.75) is 108 Å². The van der Waals surface area contributed by atoms with Crippen LogP contribution < -0.4 is 5.32 Å². The Balaban J connectivity index is 1.24. The van der Waals surface area contributed by atoms with Gasteiger partial charge in [0.15, 0.2) is 0 Å². The van der Waals surface area contributed by atoms with E-state index in [1.54, 1.807) is 5.57 Å².